The molecular weight excluding hydrogens is 452 g/mol. The highest BCUT2D eigenvalue weighted by Gasteiger charge is 2.33. The molecule has 142 valence electrons. The number of anilines is 1. The summed E-state index contributed by atoms with van der Waals surface area (Å²) in [6, 6.07) is 15.0. The molecule has 4 aromatic rings. The van der Waals surface area contributed by atoms with Crippen LogP contribution in [0, 0.1) is 0 Å². The van der Waals surface area contributed by atoms with Crippen molar-refractivity contribution in [1.29, 1.82) is 0 Å². The molecule has 0 saturated carbocycles. The van der Waals surface area contributed by atoms with Crippen molar-refractivity contribution >= 4 is 49.4 Å². The monoisotopic (exact) mass is 464 g/mol. The molecule has 29 heavy (non-hydrogen) atoms. The number of benzene rings is 2. The molecule has 0 radical (unpaired) electrons. The standard InChI is InChI=1S/C21H13BrN4O2S/c1-2-11-25-15-10-6-4-8-13(15)16(19(25)27)17-20(28)26-21(29-17)23-18(24-26)12-7-3-5-9-14(12)22/h2-10H,1,11H2. The van der Waals surface area contributed by atoms with Crippen molar-refractivity contribution in [3.05, 3.63) is 86.1 Å². The van der Waals surface area contributed by atoms with Gasteiger partial charge in [-0.1, -0.05) is 63.7 Å². The Labute approximate surface area is 177 Å². The van der Waals surface area contributed by atoms with Crippen molar-refractivity contribution in [2.45, 2.75) is 0 Å². The lowest BCUT2D eigenvalue weighted by atomic mass is 10.1. The van der Waals surface area contributed by atoms with Gasteiger partial charge in [0.1, 0.15) is 4.53 Å². The molecular formula is C21H13BrN4O2S. The predicted molar refractivity (Wildman–Crippen MR) is 117 cm³/mol. The zero-order chi connectivity index (χ0) is 20.1. The maximum Gasteiger partial charge on any atom is 0.291 e. The van der Waals surface area contributed by atoms with Crippen LogP contribution in [0.2, 0.25) is 0 Å². The van der Waals surface area contributed by atoms with Gasteiger partial charge >= 0.3 is 0 Å². The van der Waals surface area contributed by atoms with Crippen molar-refractivity contribution in [1.82, 2.24) is 14.6 Å². The Hall–Kier alpha value is -3.10. The molecule has 0 saturated heterocycles. The highest BCUT2D eigenvalue weighted by atomic mass is 79.9. The first-order chi connectivity index (χ1) is 14.1. The summed E-state index contributed by atoms with van der Waals surface area (Å²) < 4.78 is 2.47. The van der Waals surface area contributed by atoms with Gasteiger partial charge in [-0.15, -0.1) is 11.7 Å². The van der Waals surface area contributed by atoms with E-state index in [0.29, 0.717) is 27.4 Å². The van der Waals surface area contributed by atoms with Crippen LogP contribution in [0.25, 0.3) is 21.9 Å². The SMILES string of the molecule is C=CCN1C(=O)C(=c2sc3nc(-c4ccccc4Br)nn3c2=O)c2ccccc21. The Bertz CT molecular complexity index is 1420. The summed E-state index contributed by atoms with van der Waals surface area (Å²) in [6.45, 7) is 4.10. The fraction of sp³-hybridized carbons (Fsp3) is 0.0476. The number of thiazole rings is 1. The predicted octanol–water partition coefficient (Wildman–Crippen LogP) is 3.03. The summed E-state index contributed by atoms with van der Waals surface area (Å²) in [7, 11) is 0. The Kier molecular flexibility index (Phi) is 4.18. The first-order valence-electron chi connectivity index (χ1n) is 8.81. The maximum absolute atomic E-state index is 13.1. The number of fused-ring (bicyclic) bond motifs is 2. The highest BCUT2D eigenvalue weighted by Crippen LogP contribution is 2.35. The molecule has 6 nitrogen and oxygen atoms in total. The number of hydrogen-bond acceptors (Lipinski definition) is 5. The van der Waals surface area contributed by atoms with E-state index in [1.54, 1.807) is 11.0 Å². The molecule has 2 aromatic carbocycles. The second kappa shape index (κ2) is 6.75. The quantitative estimate of drug-likeness (QED) is 0.437. The number of carbonyl (C=O) groups is 1. The van der Waals surface area contributed by atoms with Gasteiger partial charge in [0.25, 0.3) is 11.5 Å². The Morgan fingerprint density at radius 1 is 1.07 bits per heavy atom. The Morgan fingerprint density at radius 2 is 1.79 bits per heavy atom. The molecule has 8 heteroatoms. The van der Waals surface area contributed by atoms with Crippen molar-refractivity contribution in [2.75, 3.05) is 11.4 Å². The average Bonchev–Trinajstić information content (AvgIpc) is 3.35. The van der Waals surface area contributed by atoms with Gasteiger partial charge in [0, 0.05) is 22.1 Å². The molecule has 0 spiro atoms. The number of nitrogens with zero attached hydrogens (tertiary/aromatic N) is 4. The lowest BCUT2D eigenvalue weighted by Gasteiger charge is -2.13. The molecule has 0 atom stereocenters. The Morgan fingerprint density at radius 3 is 2.52 bits per heavy atom. The second-order valence-corrected chi connectivity index (χ2v) is 8.27. The van der Waals surface area contributed by atoms with Gasteiger partial charge in [-0.05, 0) is 18.2 Å². The van der Waals surface area contributed by atoms with Crippen LogP contribution in [-0.2, 0) is 4.79 Å². The molecule has 0 aliphatic carbocycles. The van der Waals surface area contributed by atoms with Crippen LogP contribution in [0.3, 0.4) is 0 Å². The van der Waals surface area contributed by atoms with E-state index in [0.717, 1.165) is 21.3 Å². The van der Waals surface area contributed by atoms with E-state index in [2.05, 4.69) is 32.6 Å². The molecule has 2 aromatic heterocycles. The molecule has 0 bridgehead atoms. The zero-order valence-electron chi connectivity index (χ0n) is 15.0. The van der Waals surface area contributed by atoms with E-state index in [1.807, 2.05) is 48.5 Å². The van der Waals surface area contributed by atoms with Gasteiger partial charge in [0.05, 0.1) is 11.3 Å². The first-order valence-corrected chi connectivity index (χ1v) is 10.4. The minimum atomic E-state index is -0.339. The van der Waals surface area contributed by atoms with E-state index in [1.165, 1.54) is 15.9 Å². The van der Waals surface area contributed by atoms with Crippen LogP contribution < -0.4 is 15.0 Å². The lowest BCUT2D eigenvalue weighted by molar-refractivity contribution is -0.112. The Balaban J connectivity index is 1.75. The molecule has 3 heterocycles. The van der Waals surface area contributed by atoms with Crippen LogP contribution in [0.15, 0.2) is 70.5 Å². The van der Waals surface area contributed by atoms with E-state index >= 15 is 0 Å². The topological polar surface area (TPSA) is 67.6 Å². The average molecular weight is 465 g/mol. The van der Waals surface area contributed by atoms with Gasteiger partial charge in [-0.3, -0.25) is 9.59 Å². The van der Waals surface area contributed by atoms with Crippen LogP contribution in [0.5, 0.6) is 0 Å². The number of carbonyl (C=O) groups excluding carboxylic acids is 1. The van der Waals surface area contributed by atoms with Crippen LogP contribution >= 0.6 is 27.3 Å². The third kappa shape index (κ3) is 2.67. The summed E-state index contributed by atoms with van der Waals surface area (Å²) in [6.07, 6.45) is 1.67. The van der Waals surface area contributed by atoms with Gasteiger partial charge in [0.2, 0.25) is 4.96 Å². The summed E-state index contributed by atoms with van der Waals surface area (Å²) >= 11 is 4.67. The van der Waals surface area contributed by atoms with Gasteiger partial charge < -0.3 is 4.90 Å². The minimum absolute atomic E-state index is 0.210. The molecule has 1 amide bonds. The first kappa shape index (κ1) is 18.0. The van der Waals surface area contributed by atoms with Gasteiger partial charge in [0.15, 0.2) is 5.82 Å². The summed E-state index contributed by atoms with van der Waals surface area (Å²) in [5.41, 5.74) is 2.38. The summed E-state index contributed by atoms with van der Waals surface area (Å²) in [5, 5.41) is 4.39. The van der Waals surface area contributed by atoms with Gasteiger partial charge in [-0.2, -0.15) is 9.50 Å². The maximum atomic E-state index is 13.1. The lowest BCUT2D eigenvalue weighted by Crippen LogP contribution is -2.32. The smallest absolute Gasteiger partial charge is 0.291 e. The molecule has 5 rings (SSSR count). The molecule has 0 unspecified atom stereocenters. The van der Waals surface area contributed by atoms with Crippen molar-refractivity contribution < 1.29 is 4.79 Å². The van der Waals surface area contributed by atoms with Crippen LogP contribution in [0.4, 0.5) is 5.69 Å². The zero-order valence-corrected chi connectivity index (χ0v) is 17.4. The number of amides is 1. The fourth-order valence-corrected chi connectivity index (χ4v) is 4.91. The van der Waals surface area contributed by atoms with E-state index in [4.69, 9.17) is 0 Å². The summed E-state index contributed by atoms with van der Waals surface area (Å²) in [4.78, 5) is 32.8. The second-order valence-electron chi connectivity index (χ2n) is 6.44. The fourth-order valence-electron chi connectivity index (χ4n) is 3.45. The minimum Gasteiger partial charge on any atom is -0.304 e. The van der Waals surface area contributed by atoms with Crippen molar-refractivity contribution in [2.24, 2.45) is 0 Å². The summed E-state index contributed by atoms with van der Waals surface area (Å²) in [5.74, 6) is 0.252. The van der Waals surface area contributed by atoms with Crippen LogP contribution in [0.1, 0.15) is 5.56 Å². The van der Waals surface area contributed by atoms with Gasteiger partial charge in [-0.25, -0.2) is 0 Å². The molecule has 0 N–H and O–H groups in total. The van der Waals surface area contributed by atoms with E-state index in [-0.39, 0.29) is 11.5 Å². The normalized spacial score (nSPS) is 15.2. The van der Waals surface area contributed by atoms with Crippen LogP contribution in [-0.4, -0.2) is 27.0 Å². The molecule has 0 fully saturated rings. The molecule has 1 aliphatic rings. The molecule has 1 aliphatic heterocycles. The highest BCUT2D eigenvalue weighted by molar-refractivity contribution is 9.10. The van der Waals surface area contributed by atoms with Crippen molar-refractivity contribution in [3.8, 4) is 11.4 Å². The number of rotatable bonds is 3. The number of hydrogen-bond donors (Lipinski definition) is 0. The number of para-hydroxylation sites is 1. The number of aromatic nitrogens is 3. The largest absolute Gasteiger partial charge is 0.304 e. The van der Waals surface area contributed by atoms with Crippen molar-refractivity contribution in [3.63, 3.8) is 0 Å². The third-order valence-electron chi connectivity index (χ3n) is 4.73. The van der Waals surface area contributed by atoms with E-state index in [9.17, 15) is 9.59 Å². The third-order valence-corrected chi connectivity index (χ3v) is 6.46. The number of halogens is 1. The van der Waals surface area contributed by atoms with E-state index < -0.39 is 0 Å².